The van der Waals surface area contributed by atoms with Gasteiger partial charge in [0.1, 0.15) is 5.41 Å². The first-order valence-corrected chi connectivity index (χ1v) is 8.88. The molecule has 0 aromatic heterocycles. The van der Waals surface area contributed by atoms with Crippen LogP contribution in [0.4, 0.5) is 0 Å². The van der Waals surface area contributed by atoms with E-state index in [9.17, 15) is 5.21 Å². The number of rotatable bonds is 1. The lowest BCUT2D eigenvalue weighted by Gasteiger charge is -2.51. The van der Waals surface area contributed by atoms with Gasteiger partial charge in [-0.1, -0.05) is 60.2 Å². The molecule has 2 aliphatic carbocycles. The molecule has 5 heteroatoms. The van der Waals surface area contributed by atoms with Crippen molar-refractivity contribution in [2.45, 2.75) is 30.9 Å². The second-order valence-electron chi connectivity index (χ2n) is 6.81. The number of hydrogen-bond donors (Lipinski definition) is 0. The van der Waals surface area contributed by atoms with Gasteiger partial charge in [-0.3, -0.25) is 0 Å². The highest BCUT2D eigenvalue weighted by atomic mass is 35.5. The molecule has 0 saturated heterocycles. The number of halogens is 1. The Hall–Kier alpha value is -2.14. The minimum Gasteiger partial charge on any atom is -0.619 e. The van der Waals surface area contributed by atoms with Gasteiger partial charge >= 0.3 is 0 Å². The van der Waals surface area contributed by atoms with Gasteiger partial charge < -0.3 is 9.94 Å². The zero-order valence-electron chi connectivity index (χ0n) is 13.6. The number of ether oxygens (including phenoxy) is 1. The topological polar surface area (TPSA) is 44.7 Å². The van der Waals surface area contributed by atoms with Crippen LogP contribution in [0.2, 0.25) is 0 Å². The number of quaternary nitrogens is 1. The van der Waals surface area contributed by atoms with Gasteiger partial charge in [-0.15, -0.1) is 0 Å². The summed E-state index contributed by atoms with van der Waals surface area (Å²) in [7, 11) is 0. The van der Waals surface area contributed by atoms with Crippen LogP contribution in [0, 0.1) is 5.21 Å². The lowest BCUT2D eigenvalue weighted by atomic mass is 9.70. The molecule has 4 nitrogen and oxygen atoms in total. The summed E-state index contributed by atoms with van der Waals surface area (Å²) in [6.45, 7) is 0. The summed E-state index contributed by atoms with van der Waals surface area (Å²) in [4.78, 5) is 4.60. The zero-order valence-corrected chi connectivity index (χ0v) is 14.3. The van der Waals surface area contributed by atoms with Crippen LogP contribution in [0.25, 0.3) is 0 Å². The van der Waals surface area contributed by atoms with E-state index in [0.29, 0.717) is 29.3 Å². The van der Waals surface area contributed by atoms with Gasteiger partial charge in [0, 0.05) is 6.42 Å². The fraction of sp³-hybridized carbons (Fsp3) is 0.250. The maximum Gasteiger partial charge on any atom is 0.259 e. The first-order chi connectivity index (χ1) is 12.2. The molecule has 0 spiro atoms. The Morgan fingerprint density at radius 3 is 2.96 bits per heavy atom. The summed E-state index contributed by atoms with van der Waals surface area (Å²) in [5.74, 6) is 0.547. The number of hydrogen-bond acceptors (Lipinski definition) is 3. The van der Waals surface area contributed by atoms with Crippen molar-refractivity contribution < 1.29 is 9.38 Å². The minimum absolute atomic E-state index is 0.539. The molecule has 2 aliphatic heterocycles. The fourth-order valence-electron chi connectivity index (χ4n) is 4.37. The van der Waals surface area contributed by atoms with Crippen LogP contribution in [0.15, 0.2) is 81.8 Å². The van der Waals surface area contributed by atoms with Gasteiger partial charge in [0.05, 0.1) is 10.7 Å². The van der Waals surface area contributed by atoms with Crippen molar-refractivity contribution in [3.05, 3.63) is 87.6 Å². The number of benzene rings is 1. The van der Waals surface area contributed by atoms with Crippen LogP contribution >= 0.6 is 11.6 Å². The average Bonchev–Trinajstić information content (AvgIpc) is 2.97. The van der Waals surface area contributed by atoms with Crippen molar-refractivity contribution in [1.82, 2.24) is 0 Å². The summed E-state index contributed by atoms with van der Waals surface area (Å²) in [5, 5.41) is 14.4. The Bertz CT molecular complexity index is 900. The Labute approximate surface area is 151 Å². The van der Waals surface area contributed by atoms with E-state index in [0.717, 1.165) is 17.7 Å². The van der Waals surface area contributed by atoms with Gasteiger partial charge in [0.15, 0.2) is 12.0 Å². The predicted octanol–water partition coefficient (Wildman–Crippen LogP) is 4.61. The highest BCUT2D eigenvalue weighted by molar-refractivity contribution is 6.31. The molecule has 4 aliphatic rings. The molecule has 1 aromatic carbocycles. The van der Waals surface area contributed by atoms with Crippen LogP contribution < -0.4 is 0 Å². The smallest absolute Gasteiger partial charge is 0.259 e. The predicted molar refractivity (Wildman–Crippen MR) is 97.1 cm³/mol. The van der Waals surface area contributed by atoms with Gasteiger partial charge in [0.2, 0.25) is 5.76 Å². The summed E-state index contributed by atoms with van der Waals surface area (Å²) in [6, 6.07) is 10.1. The third-order valence-corrected chi connectivity index (χ3v) is 5.88. The van der Waals surface area contributed by atoms with Crippen LogP contribution in [0.5, 0.6) is 0 Å². The number of fused-ring (bicyclic) bond motifs is 4. The number of nitrogens with zero attached hydrogens (tertiary/aromatic N) is 2. The van der Waals surface area contributed by atoms with E-state index in [1.54, 1.807) is 0 Å². The number of allylic oxidation sites excluding steroid dienone is 6. The van der Waals surface area contributed by atoms with E-state index in [2.05, 4.69) is 23.2 Å². The van der Waals surface area contributed by atoms with Crippen molar-refractivity contribution in [3.63, 3.8) is 0 Å². The quantitative estimate of drug-likeness (QED) is 0.547. The van der Waals surface area contributed by atoms with E-state index in [1.807, 2.05) is 36.4 Å². The SMILES string of the molecule is [O-][N+]12C=NC3=CC=CCC3(c3ccccc3)C1OC1=C2CCC=C1Cl. The van der Waals surface area contributed by atoms with Crippen molar-refractivity contribution in [2.24, 2.45) is 4.99 Å². The van der Waals surface area contributed by atoms with Crippen molar-refractivity contribution in [3.8, 4) is 0 Å². The molecular formula is C20H17ClN2O2. The molecule has 3 atom stereocenters. The zero-order chi connectivity index (χ0) is 17.1. The minimum atomic E-state index is -0.667. The Kier molecular flexibility index (Phi) is 3.14. The van der Waals surface area contributed by atoms with Crippen LogP contribution in [0.3, 0.4) is 0 Å². The summed E-state index contributed by atoms with van der Waals surface area (Å²) in [5.41, 5.74) is 1.99. The lowest BCUT2D eigenvalue weighted by Crippen LogP contribution is -2.60. The summed E-state index contributed by atoms with van der Waals surface area (Å²) in [6.07, 6.45) is 10.9. The number of hydroxylamine groups is 3. The maximum absolute atomic E-state index is 13.9. The summed E-state index contributed by atoms with van der Waals surface area (Å²) >= 11 is 6.37. The highest BCUT2D eigenvalue weighted by Crippen LogP contribution is 2.55. The van der Waals surface area contributed by atoms with E-state index in [-0.39, 0.29) is 0 Å². The van der Waals surface area contributed by atoms with E-state index >= 15 is 0 Å². The third kappa shape index (κ3) is 1.87. The van der Waals surface area contributed by atoms with Gasteiger partial charge in [0.25, 0.3) is 6.23 Å². The van der Waals surface area contributed by atoms with Crippen molar-refractivity contribution >= 4 is 17.9 Å². The Balaban J connectivity index is 1.74. The molecule has 25 heavy (non-hydrogen) atoms. The normalized spacial score (nSPS) is 35.4. The monoisotopic (exact) mass is 352 g/mol. The first-order valence-electron chi connectivity index (χ1n) is 8.50. The summed E-state index contributed by atoms with van der Waals surface area (Å²) < 4.78 is 5.62. The van der Waals surface area contributed by atoms with Crippen LogP contribution in [-0.4, -0.2) is 17.2 Å². The molecule has 3 unspecified atom stereocenters. The van der Waals surface area contributed by atoms with Gasteiger partial charge in [-0.05, 0) is 24.5 Å². The van der Waals surface area contributed by atoms with E-state index < -0.39 is 16.3 Å². The Morgan fingerprint density at radius 1 is 1.28 bits per heavy atom. The molecule has 1 aromatic rings. The van der Waals surface area contributed by atoms with Gasteiger partial charge in [-0.2, -0.15) is 0 Å². The van der Waals surface area contributed by atoms with Crippen LogP contribution in [0.1, 0.15) is 24.8 Å². The molecule has 5 rings (SSSR count). The van der Waals surface area contributed by atoms with Crippen LogP contribution in [-0.2, 0) is 10.2 Å². The maximum atomic E-state index is 13.9. The third-order valence-electron chi connectivity index (χ3n) is 5.55. The second kappa shape index (κ2) is 5.18. The Morgan fingerprint density at radius 2 is 2.12 bits per heavy atom. The van der Waals surface area contributed by atoms with Crippen molar-refractivity contribution in [2.75, 3.05) is 0 Å². The van der Waals surface area contributed by atoms with Gasteiger partial charge in [-0.25, -0.2) is 9.64 Å². The lowest BCUT2D eigenvalue weighted by molar-refractivity contribution is -0.796. The molecule has 0 N–H and O–H groups in total. The standard InChI is InChI=1S/C20H17ClN2O2/c21-15-9-6-10-16-18(15)25-19-20(14-7-2-1-3-8-14)12-5-4-11-17(20)22-13-23(16,19)24/h1-5,7-9,11,13,19H,6,10,12H2. The molecule has 0 bridgehead atoms. The highest BCUT2D eigenvalue weighted by Gasteiger charge is 2.61. The molecule has 0 radical (unpaired) electrons. The van der Waals surface area contributed by atoms with E-state index in [1.165, 1.54) is 6.34 Å². The average molecular weight is 353 g/mol. The first kappa shape index (κ1) is 15.1. The molecular weight excluding hydrogens is 336 g/mol. The molecule has 0 fully saturated rings. The van der Waals surface area contributed by atoms with Crippen molar-refractivity contribution in [1.29, 1.82) is 0 Å². The molecule has 0 saturated carbocycles. The molecule has 2 heterocycles. The molecule has 126 valence electrons. The number of aliphatic imine (C=N–C) groups is 1. The second-order valence-corrected chi connectivity index (χ2v) is 7.22. The fourth-order valence-corrected chi connectivity index (χ4v) is 4.63. The largest absolute Gasteiger partial charge is 0.619 e. The van der Waals surface area contributed by atoms with E-state index in [4.69, 9.17) is 16.3 Å². The molecule has 0 amide bonds.